The van der Waals surface area contributed by atoms with Gasteiger partial charge in [0, 0.05) is 16.7 Å². The number of halogens is 4. The molecular formula is C13H9BrF3NO. The third kappa shape index (κ3) is 3.96. The highest BCUT2D eigenvalue weighted by atomic mass is 79.9. The molecule has 0 saturated carbocycles. The SMILES string of the molecule is FC(F)(F)c1cccc(COc2ccc(Br)cn2)c1. The molecule has 0 amide bonds. The molecule has 1 aromatic carbocycles. The fourth-order valence-electron chi connectivity index (χ4n) is 1.44. The first-order chi connectivity index (χ1) is 8.95. The van der Waals surface area contributed by atoms with Gasteiger partial charge in [-0.3, -0.25) is 0 Å². The number of ether oxygens (including phenoxy) is 1. The van der Waals surface area contributed by atoms with Gasteiger partial charge in [-0.25, -0.2) is 4.98 Å². The van der Waals surface area contributed by atoms with Gasteiger partial charge in [-0.15, -0.1) is 0 Å². The van der Waals surface area contributed by atoms with Crippen molar-refractivity contribution in [3.05, 3.63) is 58.2 Å². The molecule has 0 bridgehead atoms. The Morgan fingerprint density at radius 2 is 1.95 bits per heavy atom. The molecule has 2 nitrogen and oxygen atoms in total. The van der Waals surface area contributed by atoms with Crippen LogP contribution < -0.4 is 4.74 Å². The third-order valence-electron chi connectivity index (χ3n) is 2.34. The number of pyridine rings is 1. The number of benzene rings is 1. The molecule has 0 aliphatic heterocycles. The summed E-state index contributed by atoms with van der Waals surface area (Å²) in [6.45, 7) is 0.0402. The molecule has 0 aliphatic carbocycles. The zero-order chi connectivity index (χ0) is 13.9. The topological polar surface area (TPSA) is 22.1 Å². The molecule has 0 radical (unpaired) electrons. The maximum absolute atomic E-state index is 12.5. The summed E-state index contributed by atoms with van der Waals surface area (Å²) in [5, 5.41) is 0. The summed E-state index contributed by atoms with van der Waals surface area (Å²) in [5.74, 6) is 0.362. The smallest absolute Gasteiger partial charge is 0.416 e. The molecule has 0 fully saturated rings. The Labute approximate surface area is 116 Å². The molecule has 2 aromatic rings. The van der Waals surface area contributed by atoms with E-state index < -0.39 is 11.7 Å². The maximum atomic E-state index is 12.5. The highest BCUT2D eigenvalue weighted by molar-refractivity contribution is 9.10. The van der Waals surface area contributed by atoms with E-state index in [1.54, 1.807) is 24.4 Å². The van der Waals surface area contributed by atoms with Crippen LogP contribution in [0.1, 0.15) is 11.1 Å². The van der Waals surface area contributed by atoms with Gasteiger partial charge in [-0.05, 0) is 39.7 Å². The second-order valence-corrected chi connectivity index (χ2v) is 4.72. The molecule has 0 saturated heterocycles. The molecule has 100 valence electrons. The molecule has 6 heteroatoms. The zero-order valence-corrected chi connectivity index (χ0v) is 11.2. The summed E-state index contributed by atoms with van der Waals surface area (Å²) in [7, 11) is 0. The van der Waals surface area contributed by atoms with Crippen molar-refractivity contribution in [1.29, 1.82) is 0 Å². The number of hydrogen-bond donors (Lipinski definition) is 0. The lowest BCUT2D eigenvalue weighted by Crippen LogP contribution is -2.06. The van der Waals surface area contributed by atoms with Gasteiger partial charge in [0.1, 0.15) is 6.61 Å². The second-order valence-electron chi connectivity index (χ2n) is 3.80. The number of aromatic nitrogens is 1. The Morgan fingerprint density at radius 1 is 1.16 bits per heavy atom. The maximum Gasteiger partial charge on any atom is 0.416 e. The lowest BCUT2D eigenvalue weighted by molar-refractivity contribution is -0.137. The molecule has 0 spiro atoms. The minimum absolute atomic E-state index is 0.0402. The molecular weight excluding hydrogens is 323 g/mol. The van der Waals surface area contributed by atoms with Crippen LogP contribution in [0, 0.1) is 0 Å². The van der Waals surface area contributed by atoms with E-state index in [1.807, 2.05) is 0 Å². The van der Waals surface area contributed by atoms with E-state index in [0.717, 1.165) is 16.6 Å². The molecule has 1 heterocycles. The van der Waals surface area contributed by atoms with Gasteiger partial charge < -0.3 is 4.74 Å². The van der Waals surface area contributed by atoms with Gasteiger partial charge in [-0.1, -0.05) is 12.1 Å². The fraction of sp³-hybridized carbons (Fsp3) is 0.154. The Hall–Kier alpha value is -1.56. The number of alkyl halides is 3. The van der Waals surface area contributed by atoms with Crippen LogP contribution in [0.15, 0.2) is 47.1 Å². The lowest BCUT2D eigenvalue weighted by atomic mass is 10.1. The van der Waals surface area contributed by atoms with Crippen LogP contribution in [-0.2, 0) is 12.8 Å². The van der Waals surface area contributed by atoms with Crippen molar-refractivity contribution in [3.63, 3.8) is 0 Å². The quantitative estimate of drug-likeness (QED) is 0.829. The molecule has 0 unspecified atom stereocenters. The molecule has 0 N–H and O–H groups in total. The second kappa shape index (κ2) is 5.61. The summed E-state index contributed by atoms with van der Waals surface area (Å²) in [4.78, 5) is 3.97. The highest BCUT2D eigenvalue weighted by Crippen LogP contribution is 2.29. The van der Waals surface area contributed by atoms with E-state index in [1.165, 1.54) is 6.07 Å². The van der Waals surface area contributed by atoms with E-state index >= 15 is 0 Å². The Balaban J connectivity index is 2.05. The van der Waals surface area contributed by atoms with Crippen molar-refractivity contribution < 1.29 is 17.9 Å². The first-order valence-electron chi connectivity index (χ1n) is 5.35. The Kier molecular flexibility index (Phi) is 4.09. The van der Waals surface area contributed by atoms with Gasteiger partial charge in [-0.2, -0.15) is 13.2 Å². The standard InChI is InChI=1S/C13H9BrF3NO/c14-11-4-5-12(18-7-11)19-8-9-2-1-3-10(6-9)13(15,16)17/h1-7H,8H2. The first-order valence-corrected chi connectivity index (χ1v) is 6.15. The summed E-state index contributed by atoms with van der Waals surface area (Å²) >= 11 is 3.23. The number of rotatable bonds is 3. The van der Waals surface area contributed by atoms with E-state index in [-0.39, 0.29) is 6.61 Å². The van der Waals surface area contributed by atoms with Crippen molar-refractivity contribution >= 4 is 15.9 Å². The summed E-state index contributed by atoms with van der Waals surface area (Å²) in [5.41, 5.74) is -0.239. The van der Waals surface area contributed by atoms with Gasteiger partial charge in [0.25, 0.3) is 0 Å². The van der Waals surface area contributed by atoms with Crippen LogP contribution in [0.4, 0.5) is 13.2 Å². The van der Waals surface area contributed by atoms with Crippen molar-refractivity contribution in [2.45, 2.75) is 12.8 Å². The monoisotopic (exact) mass is 331 g/mol. The zero-order valence-electron chi connectivity index (χ0n) is 9.62. The minimum atomic E-state index is -4.34. The van der Waals surface area contributed by atoms with E-state index in [2.05, 4.69) is 20.9 Å². The average Bonchev–Trinajstić information content (AvgIpc) is 2.37. The van der Waals surface area contributed by atoms with Crippen LogP contribution in [-0.4, -0.2) is 4.98 Å². The molecule has 1 aromatic heterocycles. The third-order valence-corrected chi connectivity index (χ3v) is 2.81. The number of nitrogens with zero attached hydrogens (tertiary/aromatic N) is 1. The van der Waals surface area contributed by atoms with Crippen molar-refractivity contribution in [3.8, 4) is 5.88 Å². The van der Waals surface area contributed by atoms with E-state index in [9.17, 15) is 13.2 Å². The van der Waals surface area contributed by atoms with Gasteiger partial charge in [0.15, 0.2) is 0 Å². The predicted molar refractivity (Wildman–Crippen MR) is 67.7 cm³/mol. The minimum Gasteiger partial charge on any atom is -0.473 e. The van der Waals surface area contributed by atoms with Gasteiger partial charge in [0.05, 0.1) is 5.56 Å². The van der Waals surface area contributed by atoms with Gasteiger partial charge in [0.2, 0.25) is 5.88 Å². The molecule has 19 heavy (non-hydrogen) atoms. The van der Waals surface area contributed by atoms with Crippen LogP contribution in [0.25, 0.3) is 0 Å². The van der Waals surface area contributed by atoms with Crippen molar-refractivity contribution in [2.75, 3.05) is 0 Å². The van der Waals surface area contributed by atoms with Gasteiger partial charge >= 0.3 is 6.18 Å². The largest absolute Gasteiger partial charge is 0.473 e. The first kappa shape index (κ1) is 13.9. The Bertz CT molecular complexity index is 555. The lowest BCUT2D eigenvalue weighted by Gasteiger charge is -2.09. The van der Waals surface area contributed by atoms with Crippen molar-refractivity contribution in [2.24, 2.45) is 0 Å². The summed E-state index contributed by atoms with van der Waals surface area (Å²) < 4.78 is 43.7. The van der Waals surface area contributed by atoms with Crippen LogP contribution >= 0.6 is 15.9 Å². The molecule has 2 rings (SSSR count). The van der Waals surface area contributed by atoms with E-state index in [0.29, 0.717) is 11.4 Å². The Morgan fingerprint density at radius 3 is 2.58 bits per heavy atom. The predicted octanol–water partition coefficient (Wildman–Crippen LogP) is 4.44. The van der Waals surface area contributed by atoms with Crippen LogP contribution in [0.2, 0.25) is 0 Å². The van der Waals surface area contributed by atoms with Crippen molar-refractivity contribution in [1.82, 2.24) is 4.98 Å². The highest BCUT2D eigenvalue weighted by Gasteiger charge is 2.30. The summed E-state index contributed by atoms with van der Waals surface area (Å²) in [6.07, 6.45) is -2.78. The normalized spacial score (nSPS) is 11.4. The average molecular weight is 332 g/mol. The van der Waals surface area contributed by atoms with Crippen LogP contribution in [0.5, 0.6) is 5.88 Å². The fourth-order valence-corrected chi connectivity index (χ4v) is 1.68. The molecule has 0 atom stereocenters. The number of hydrogen-bond acceptors (Lipinski definition) is 2. The molecule has 0 aliphatic rings. The summed E-state index contributed by atoms with van der Waals surface area (Å²) in [6, 6.07) is 8.41. The van der Waals surface area contributed by atoms with Crippen LogP contribution in [0.3, 0.4) is 0 Å². The van der Waals surface area contributed by atoms with E-state index in [4.69, 9.17) is 4.74 Å².